The van der Waals surface area contributed by atoms with Crippen LogP contribution in [0.1, 0.15) is 30.9 Å². The summed E-state index contributed by atoms with van der Waals surface area (Å²) in [6.45, 7) is 4.40. The molecule has 0 aliphatic rings. The summed E-state index contributed by atoms with van der Waals surface area (Å²) in [5, 5.41) is 13.4. The molecule has 1 heterocycles. The highest BCUT2D eigenvalue weighted by Crippen LogP contribution is 2.24. The van der Waals surface area contributed by atoms with Gasteiger partial charge >= 0.3 is 0 Å². The highest BCUT2D eigenvalue weighted by molar-refractivity contribution is 7.98. The van der Waals surface area contributed by atoms with Gasteiger partial charge in [0.15, 0.2) is 0 Å². The zero-order valence-electron chi connectivity index (χ0n) is 13.0. The molecule has 0 amide bonds. The minimum absolute atomic E-state index is 0.550. The van der Waals surface area contributed by atoms with Gasteiger partial charge in [0.05, 0.1) is 5.69 Å². The summed E-state index contributed by atoms with van der Waals surface area (Å²) in [5.41, 5.74) is 3.51. The lowest BCUT2D eigenvalue weighted by molar-refractivity contribution is 0.756. The zero-order valence-corrected chi connectivity index (χ0v) is 14.6. The number of tetrazole rings is 1. The van der Waals surface area contributed by atoms with Crippen molar-refractivity contribution in [1.29, 1.82) is 0 Å². The summed E-state index contributed by atoms with van der Waals surface area (Å²) in [5.74, 6) is 1.38. The second-order valence-electron chi connectivity index (χ2n) is 5.53. The third-order valence-corrected chi connectivity index (χ3v) is 4.77. The van der Waals surface area contributed by atoms with E-state index < -0.39 is 0 Å². The van der Waals surface area contributed by atoms with Crippen molar-refractivity contribution in [2.75, 3.05) is 0 Å². The van der Waals surface area contributed by atoms with Crippen molar-refractivity contribution in [2.45, 2.75) is 30.7 Å². The van der Waals surface area contributed by atoms with Gasteiger partial charge in [-0.3, -0.25) is 0 Å². The largest absolute Gasteiger partial charge is 0.214 e. The number of benzene rings is 2. The standard InChI is InChI=1S/C17H17ClN4S/c1-12(2)14-5-3-13(4-6-14)11-23-17-19-20-21-22(17)16-9-7-15(18)8-10-16/h3-10,12H,11H2,1-2H3. The van der Waals surface area contributed by atoms with Crippen LogP contribution in [0.3, 0.4) is 0 Å². The molecule has 4 nitrogen and oxygen atoms in total. The van der Waals surface area contributed by atoms with Crippen LogP contribution in [0.4, 0.5) is 0 Å². The summed E-state index contributed by atoms with van der Waals surface area (Å²) in [4.78, 5) is 0. The van der Waals surface area contributed by atoms with Gasteiger partial charge in [-0.15, -0.1) is 5.10 Å². The number of halogens is 1. The number of hydrogen-bond donors (Lipinski definition) is 0. The molecule has 118 valence electrons. The van der Waals surface area contributed by atoms with Gasteiger partial charge in [-0.1, -0.05) is 61.5 Å². The summed E-state index contributed by atoms with van der Waals surface area (Å²) in [6.07, 6.45) is 0. The van der Waals surface area contributed by atoms with Crippen molar-refractivity contribution < 1.29 is 0 Å². The summed E-state index contributed by atoms with van der Waals surface area (Å²) in [6, 6.07) is 16.2. The van der Waals surface area contributed by atoms with Crippen LogP contribution in [0.25, 0.3) is 5.69 Å². The van der Waals surface area contributed by atoms with E-state index in [1.54, 1.807) is 16.4 Å². The van der Waals surface area contributed by atoms with Crippen molar-refractivity contribution in [3.63, 3.8) is 0 Å². The fourth-order valence-corrected chi connectivity index (χ4v) is 3.13. The molecule has 0 bridgehead atoms. The second kappa shape index (κ2) is 7.15. The Balaban J connectivity index is 1.72. The minimum atomic E-state index is 0.550. The molecule has 0 saturated carbocycles. The minimum Gasteiger partial charge on any atom is -0.187 e. The highest BCUT2D eigenvalue weighted by atomic mass is 35.5. The first-order valence-corrected chi connectivity index (χ1v) is 8.76. The average Bonchev–Trinajstić information content (AvgIpc) is 3.02. The lowest BCUT2D eigenvalue weighted by atomic mass is 10.0. The van der Waals surface area contributed by atoms with Crippen LogP contribution < -0.4 is 0 Å². The molecule has 1 aromatic heterocycles. The molecule has 0 atom stereocenters. The molecular formula is C17H17ClN4S. The van der Waals surface area contributed by atoms with E-state index in [4.69, 9.17) is 11.6 Å². The average molecular weight is 345 g/mol. The molecule has 0 unspecified atom stereocenters. The Bertz CT molecular complexity index is 766. The highest BCUT2D eigenvalue weighted by Gasteiger charge is 2.09. The first kappa shape index (κ1) is 16.0. The molecule has 0 aliphatic heterocycles. The van der Waals surface area contributed by atoms with Crippen molar-refractivity contribution in [3.8, 4) is 5.69 Å². The number of nitrogens with zero attached hydrogens (tertiary/aromatic N) is 4. The molecule has 23 heavy (non-hydrogen) atoms. The Labute approximate surface area is 144 Å². The zero-order chi connectivity index (χ0) is 16.2. The van der Waals surface area contributed by atoms with E-state index >= 15 is 0 Å². The Morgan fingerprint density at radius 1 is 1.04 bits per heavy atom. The first-order chi connectivity index (χ1) is 11.1. The van der Waals surface area contributed by atoms with Gasteiger partial charge in [0, 0.05) is 10.8 Å². The van der Waals surface area contributed by atoms with Crippen LogP contribution in [0.2, 0.25) is 5.02 Å². The number of aromatic nitrogens is 4. The Morgan fingerprint density at radius 3 is 2.39 bits per heavy atom. The quantitative estimate of drug-likeness (QED) is 0.627. The molecule has 2 aromatic carbocycles. The fourth-order valence-electron chi connectivity index (χ4n) is 2.16. The van der Waals surface area contributed by atoms with Crippen molar-refractivity contribution in [2.24, 2.45) is 0 Å². The number of hydrogen-bond acceptors (Lipinski definition) is 4. The van der Waals surface area contributed by atoms with Gasteiger partial charge in [-0.2, -0.15) is 4.68 Å². The fraction of sp³-hybridized carbons (Fsp3) is 0.235. The smallest absolute Gasteiger partial charge is 0.187 e. The Morgan fingerprint density at radius 2 is 1.74 bits per heavy atom. The summed E-state index contributed by atoms with van der Waals surface area (Å²) < 4.78 is 1.73. The second-order valence-corrected chi connectivity index (χ2v) is 6.91. The van der Waals surface area contributed by atoms with Crippen molar-refractivity contribution in [1.82, 2.24) is 20.2 Å². The van der Waals surface area contributed by atoms with Crippen molar-refractivity contribution >= 4 is 23.4 Å². The van der Waals surface area contributed by atoms with Crippen LogP contribution in [0, 0.1) is 0 Å². The number of thioether (sulfide) groups is 1. The van der Waals surface area contributed by atoms with Gasteiger partial charge in [0.2, 0.25) is 5.16 Å². The molecule has 6 heteroatoms. The van der Waals surface area contributed by atoms with E-state index in [0.29, 0.717) is 10.9 Å². The third-order valence-electron chi connectivity index (χ3n) is 3.53. The molecule has 0 spiro atoms. The lowest BCUT2D eigenvalue weighted by Crippen LogP contribution is -1.98. The summed E-state index contributed by atoms with van der Waals surface area (Å²) in [7, 11) is 0. The predicted octanol–water partition coefficient (Wildman–Crippen LogP) is 4.73. The maximum Gasteiger partial charge on any atom is 0.214 e. The van der Waals surface area contributed by atoms with Gasteiger partial charge in [0.1, 0.15) is 0 Å². The molecule has 0 radical (unpaired) electrons. The SMILES string of the molecule is CC(C)c1ccc(CSc2nnnn2-c2ccc(Cl)cc2)cc1. The maximum atomic E-state index is 5.92. The Kier molecular flexibility index (Phi) is 4.98. The van der Waals surface area contributed by atoms with Gasteiger partial charge < -0.3 is 0 Å². The predicted molar refractivity (Wildman–Crippen MR) is 94.3 cm³/mol. The van der Waals surface area contributed by atoms with Crippen molar-refractivity contribution in [3.05, 3.63) is 64.7 Å². The lowest BCUT2D eigenvalue weighted by Gasteiger charge is -2.07. The van der Waals surface area contributed by atoms with Crippen LogP contribution in [0.5, 0.6) is 0 Å². The van der Waals surface area contributed by atoms with Gasteiger partial charge in [-0.25, -0.2) is 0 Å². The van der Waals surface area contributed by atoms with E-state index in [0.717, 1.165) is 16.6 Å². The molecule has 0 fully saturated rings. The van der Waals surface area contributed by atoms with Crippen LogP contribution in [-0.2, 0) is 5.75 Å². The molecule has 3 aromatic rings. The van der Waals surface area contributed by atoms with Crippen LogP contribution in [-0.4, -0.2) is 20.2 Å². The number of rotatable bonds is 5. The van der Waals surface area contributed by atoms with Crippen LogP contribution >= 0.6 is 23.4 Å². The topological polar surface area (TPSA) is 43.6 Å². The van der Waals surface area contributed by atoms with E-state index in [9.17, 15) is 0 Å². The van der Waals surface area contributed by atoms with E-state index in [2.05, 4.69) is 53.6 Å². The molecule has 0 aliphatic carbocycles. The summed E-state index contributed by atoms with van der Waals surface area (Å²) >= 11 is 7.54. The molecular weight excluding hydrogens is 328 g/mol. The molecule has 0 saturated heterocycles. The van der Waals surface area contributed by atoms with E-state index in [1.807, 2.05) is 24.3 Å². The maximum absolute atomic E-state index is 5.92. The van der Waals surface area contributed by atoms with E-state index in [1.165, 1.54) is 11.1 Å². The third kappa shape index (κ3) is 3.92. The molecule has 3 rings (SSSR count). The van der Waals surface area contributed by atoms with Gasteiger partial charge in [-0.05, 0) is 51.7 Å². The normalized spacial score (nSPS) is 11.1. The Hall–Kier alpha value is -1.85. The van der Waals surface area contributed by atoms with E-state index in [-0.39, 0.29) is 0 Å². The monoisotopic (exact) mass is 344 g/mol. The van der Waals surface area contributed by atoms with Gasteiger partial charge in [0.25, 0.3) is 0 Å². The van der Waals surface area contributed by atoms with Crippen LogP contribution in [0.15, 0.2) is 53.7 Å². The first-order valence-electron chi connectivity index (χ1n) is 7.39. The molecule has 0 N–H and O–H groups in total.